The Morgan fingerprint density at radius 2 is 1.81 bits per heavy atom. The molecule has 5 nitrogen and oxygen atoms in total. The molecule has 0 aliphatic carbocycles. The molecule has 0 spiro atoms. The van der Waals surface area contributed by atoms with E-state index in [1.165, 1.54) is 11.5 Å². The van der Waals surface area contributed by atoms with Crippen molar-refractivity contribution < 1.29 is 32.6 Å². The highest BCUT2D eigenvalue weighted by molar-refractivity contribution is 5.86. The molecule has 1 heterocycles. The summed E-state index contributed by atoms with van der Waals surface area (Å²) in [5.41, 5.74) is -3.08. The lowest BCUT2D eigenvalue weighted by atomic mass is 9.95. The van der Waals surface area contributed by atoms with Crippen molar-refractivity contribution in [3.05, 3.63) is 51.9 Å². The standard InChI is InChI=1S/C18H20F4N2O3/c1-9-14(15(26)27)23-16(17(2,3)4)24(9)7-10-5-6-12(19)11(8-25)13(10)18(20,21)22/h5-6,25H,7-8H2,1-4H3,(H,26,27). The van der Waals surface area contributed by atoms with Gasteiger partial charge < -0.3 is 14.8 Å². The van der Waals surface area contributed by atoms with Crippen molar-refractivity contribution in [2.45, 2.75) is 52.4 Å². The maximum Gasteiger partial charge on any atom is 0.417 e. The van der Waals surface area contributed by atoms with Crippen LogP contribution in [0.3, 0.4) is 0 Å². The summed E-state index contributed by atoms with van der Waals surface area (Å²) in [6, 6.07) is 1.85. The fraction of sp³-hybridized carbons (Fsp3) is 0.444. The first-order chi connectivity index (χ1) is 12.3. The second-order valence-corrected chi connectivity index (χ2v) is 7.23. The molecule has 148 valence electrons. The molecular formula is C18H20F4N2O3. The molecule has 0 unspecified atom stereocenters. The average Bonchev–Trinajstić information content (AvgIpc) is 2.84. The number of aromatic carboxylic acids is 1. The fourth-order valence-electron chi connectivity index (χ4n) is 2.98. The number of aromatic nitrogens is 2. The number of nitrogens with zero attached hydrogens (tertiary/aromatic N) is 2. The molecule has 2 aromatic rings. The Morgan fingerprint density at radius 3 is 2.26 bits per heavy atom. The molecule has 0 fully saturated rings. The van der Waals surface area contributed by atoms with Crippen LogP contribution in [-0.2, 0) is 24.7 Å². The van der Waals surface area contributed by atoms with E-state index in [4.69, 9.17) is 0 Å². The number of carboxylic acid groups (broad SMARTS) is 1. The van der Waals surface area contributed by atoms with E-state index in [1.54, 1.807) is 20.8 Å². The molecule has 2 N–H and O–H groups in total. The highest BCUT2D eigenvalue weighted by atomic mass is 19.4. The van der Waals surface area contributed by atoms with Gasteiger partial charge >= 0.3 is 12.1 Å². The topological polar surface area (TPSA) is 75.3 Å². The van der Waals surface area contributed by atoms with Gasteiger partial charge in [-0.25, -0.2) is 14.2 Å². The van der Waals surface area contributed by atoms with Crippen LogP contribution in [-0.4, -0.2) is 25.7 Å². The Balaban J connectivity index is 2.73. The summed E-state index contributed by atoms with van der Waals surface area (Å²) in [6.07, 6.45) is -4.89. The molecule has 0 bridgehead atoms. The van der Waals surface area contributed by atoms with Crippen LogP contribution in [0.5, 0.6) is 0 Å². The maximum absolute atomic E-state index is 13.8. The van der Waals surface area contributed by atoms with Crippen LogP contribution in [0.25, 0.3) is 0 Å². The lowest BCUT2D eigenvalue weighted by Crippen LogP contribution is -2.22. The van der Waals surface area contributed by atoms with Crippen molar-refractivity contribution in [2.75, 3.05) is 0 Å². The monoisotopic (exact) mass is 388 g/mol. The van der Waals surface area contributed by atoms with Gasteiger partial charge in [0.1, 0.15) is 11.6 Å². The SMILES string of the molecule is Cc1c(C(=O)O)nc(C(C)(C)C)n1Cc1ccc(F)c(CO)c1C(F)(F)F. The van der Waals surface area contributed by atoms with Crippen LogP contribution in [0.4, 0.5) is 17.6 Å². The zero-order valence-corrected chi connectivity index (χ0v) is 15.3. The number of halogens is 4. The number of rotatable bonds is 4. The number of hydrogen-bond donors (Lipinski definition) is 2. The second kappa shape index (κ2) is 6.95. The normalized spacial score (nSPS) is 12.5. The van der Waals surface area contributed by atoms with Gasteiger partial charge in [-0.05, 0) is 18.6 Å². The van der Waals surface area contributed by atoms with Crippen molar-refractivity contribution in [2.24, 2.45) is 0 Å². The molecule has 1 aromatic heterocycles. The van der Waals surface area contributed by atoms with Crippen molar-refractivity contribution in [3.63, 3.8) is 0 Å². The van der Waals surface area contributed by atoms with Crippen molar-refractivity contribution >= 4 is 5.97 Å². The largest absolute Gasteiger partial charge is 0.476 e. The number of imidazole rings is 1. The Kier molecular flexibility index (Phi) is 5.38. The number of benzene rings is 1. The van der Waals surface area contributed by atoms with Crippen LogP contribution >= 0.6 is 0 Å². The van der Waals surface area contributed by atoms with Gasteiger partial charge in [-0.15, -0.1) is 0 Å². The van der Waals surface area contributed by atoms with Gasteiger partial charge in [-0.2, -0.15) is 13.2 Å². The van der Waals surface area contributed by atoms with Gasteiger partial charge in [0.05, 0.1) is 12.2 Å². The maximum atomic E-state index is 13.8. The zero-order valence-electron chi connectivity index (χ0n) is 15.3. The van der Waals surface area contributed by atoms with Crippen molar-refractivity contribution in [1.29, 1.82) is 0 Å². The van der Waals surface area contributed by atoms with Crippen LogP contribution in [0.1, 0.15) is 59.5 Å². The highest BCUT2D eigenvalue weighted by Crippen LogP contribution is 2.37. The number of carbonyl (C=O) groups is 1. The molecule has 1 aromatic carbocycles. The summed E-state index contributed by atoms with van der Waals surface area (Å²) < 4.78 is 55.8. The number of alkyl halides is 3. The first-order valence-corrected chi connectivity index (χ1v) is 8.08. The molecular weight excluding hydrogens is 368 g/mol. The number of aliphatic hydroxyl groups excluding tert-OH is 1. The smallest absolute Gasteiger partial charge is 0.417 e. The molecule has 0 saturated heterocycles. The quantitative estimate of drug-likeness (QED) is 0.780. The summed E-state index contributed by atoms with van der Waals surface area (Å²) in [6.45, 7) is 5.25. The molecule has 0 aliphatic heterocycles. The molecule has 0 aliphatic rings. The number of carboxylic acids is 1. The summed E-state index contributed by atoms with van der Waals surface area (Å²) in [7, 11) is 0. The molecule has 0 radical (unpaired) electrons. The molecule has 9 heteroatoms. The fourth-order valence-corrected chi connectivity index (χ4v) is 2.98. The van der Waals surface area contributed by atoms with Gasteiger partial charge in [0.25, 0.3) is 0 Å². The van der Waals surface area contributed by atoms with Gasteiger partial charge in [-0.1, -0.05) is 26.8 Å². The second-order valence-electron chi connectivity index (χ2n) is 7.23. The van der Waals surface area contributed by atoms with E-state index in [-0.39, 0.29) is 23.5 Å². The predicted octanol–water partition coefficient (Wildman–Crippen LogP) is 3.89. The van der Waals surface area contributed by atoms with E-state index in [0.717, 1.165) is 12.1 Å². The molecule has 0 saturated carbocycles. The Hall–Kier alpha value is -2.42. The summed E-state index contributed by atoms with van der Waals surface area (Å²) >= 11 is 0. The summed E-state index contributed by atoms with van der Waals surface area (Å²) in [5, 5.41) is 18.5. The van der Waals surface area contributed by atoms with Crippen LogP contribution in [0, 0.1) is 12.7 Å². The van der Waals surface area contributed by atoms with Gasteiger partial charge in [-0.3, -0.25) is 0 Å². The minimum absolute atomic E-state index is 0.190. The lowest BCUT2D eigenvalue weighted by molar-refractivity contribution is -0.139. The van der Waals surface area contributed by atoms with Crippen LogP contribution in [0.15, 0.2) is 12.1 Å². The van der Waals surface area contributed by atoms with E-state index in [0.29, 0.717) is 5.82 Å². The number of aliphatic hydroxyl groups is 1. The third-order valence-corrected chi connectivity index (χ3v) is 4.21. The first kappa shape index (κ1) is 20.9. The third kappa shape index (κ3) is 3.97. The van der Waals surface area contributed by atoms with Gasteiger partial charge in [0.15, 0.2) is 5.69 Å². The third-order valence-electron chi connectivity index (χ3n) is 4.21. The predicted molar refractivity (Wildman–Crippen MR) is 89.1 cm³/mol. The van der Waals surface area contributed by atoms with Crippen LogP contribution in [0.2, 0.25) is 0 Å². The van der Waals surface area contributed by atoms with Gasteiger partial charge in [0.2, 0.25) is 0 Å². The minimum atomic E-state index is -4.89. The van der Waals surface area contributed by atoms with E-state index < -0.39 is 41.1 Å². The Bertz CT molecular complexity index is 880. The van der Waals surface area contributed by atoms with E-state index in [2.05, 4.69) is 4.98 Å². The molecule has 0 atom stereocenters. The number of hydrogen-bond acceptors (Lipinski definition) is 3. The van der Waals surface area contributed by atoms with E-state index in [9.17, 15) is 32.6 Å². The van der Waals surface area contributed by atoms with Gasteiger partial charge in [0, 0.05) is 23.2 Å². The van der Waals surface area contributed by atoms with E-state index >= 15 is 0 Å². The summed E-state index contributed by atoms with van der Waals surface area (Å²) in [5.74, 6) is -2.15. The van der Waals surface area contributed by atoms with Crippen molar-refractivity contribution in [3.8, 4) is 0 Å². The zero-order chi connectivity index (χ0) is 20.7. The lowest BCUT2D eigenvalue weighted by Gasteiger charge is -2.23. The molecule has 27 heavy (non-hydrogen) atoms. The summed E-state index contributed by atoms with van der Waals surface area (Å²) in [4.78, 5) is 15.5. The first-order valence-electron chi connectivity index (χ1n) is 8.08. The van der Waals surface area contributed by atoms with Crippen LogP contribution < -0.4 is 0 Å². The van der Waals surface area contributed by atoms with E-state index in [1.807, 2.05) is 0 Å². The van der Waals surface area contributed by atoms with Crippen molar-refractivity contribution in [1.82, 2.24) is 9.55 Å². The molecule has 0 amide bonds. The Morgan fingerprint density at radius 1 is 1.22 bits per heavy atom. The average molecular weight is 388 g/mol. The highest BCUT2D eigenvalue weighted by Gasteiger charge is 2.38. The minimum Gasteiger partial charge on any atom is -0.476 e. The Labute approximate surface area is 153 Å². The molecule has 2 rings (SSSR count).